The lowest BCUT2D eigenvalue weighted by atomic mass is 9.91. The van der Waals surface area contributed by atoms with E-state index in [4.69, 9.17) is 14.7 Å². The highest BCUT2D eigenvalue weighted by Gasteiger charge is 2.21. The second-order valence-electron chi connectivity index (χ2n) is 14.2. The van der Waals surface area contributed by atoms with Crippen LogP contribution < -0.4 is 4.74 Å². The standard InChI is InChI=1S/C52H33N3O/c1-2-14-37(15-3-1)46-28-30-48-51(54-46)45-33-39(26-29-47(45)55(48)50-20-10-11-31-53-50)38-24-23-36-22-21-34-12-4-6-16-40(34)42-18-8-9-19-49(42)56-52-41-17-7-5-13-35(41)25-27-43(52)44(36)32-38/h1-33H. The summed E-state index contributed by atoms with van der Waals surface area (Å²) >= 11 is 0. The lowest BCUT2D eigenvalue weighted by Crippen LogP contribution is -1.96. The number of pyridine rings is 2. The molecular weight excluding hydrogens is 683 g/mol. The molecule has 0 atom stereocenters. The smallest absolute Gasteiger partial charge is 0.143 e. The third-order valence-corrected chi connectivity index (χ3v) is 10.9. The molecule has 0 amide bonds. The first-order valence-electron chi connectivity index (χ1n) is 18.9. The Morgan fingerprint density at radius 3 is 2.07 bits per heavy atom. The van der Waals surface area contributed by atoms with Gasteiger partial charge in [0.1, 0.15) is 17.3 Å². The maximum Gasteiger partial charge on any atom is 0.143 e. The van der Waals surface area contributed by atoms with Gasteiger partial charge in [-0.25, -0.2) is 9.97 Å². The molecule has 0 bridgehead atoms. The van der Waals surface area contributed by atoms with Crippen LogP contribution in [-0.4, -0.2) is 14.5 Å². The zero-order chi connectivity index (χ0) is 37.0. The molecule has 0 radical (unpaired) electrons. The summed E-state index contributed by atoms with van der Waals surface area (Å²) in [5.41, 5.74) is 13.8. The van der Waals surface area contributed by atoms with Crippen molar-refractivity contribution in [2.45, 2.75) is 0 Å². The number of hydrogen-bond acceptors (Lipinski definition) is 3. The van der Waals surface area contributed by atoms with Crippen LogP contribution in [0, 0.1) is 0 Å². The van der Waals surface area contributed by atoms with Crippen molar-refractivity contribution in [3.05, 3.63) is 199 Å². The van der Waals surface area contributed by atoms with E-state index in [0.29, 0.717) is 0 Å². The second kappa shape index (κ2) is 13.1. The Labute approximate surface area is 324 Å². The minimum atomic E-state index is 0.822. The zero-order valence-electron chi connectivity index (χ0n) is 30.3. The van der Waals surface area contributed by atoms with Gasteiger partial charge in [-0.1, -0.05) is 140 Å². The van der Waals surface area contributed by atoms with Gasteiger partial charge in [-0.3, -0.25) is 4.57 Å². The molecule has 0 unspecified atom stereocenters. The van der Waals surface area contributed by atoms with Crippen LogP contribution in [0.25, 0.3) is 95.3 Å². The normalized spacial score (nSPS) is 12.0. The highest BCUT2D eigenvalue weighted by atomic mass is 16.5. The molecule has 3 aromatic heterocycles. The van der Waals surface area contributed by atoms with Crippen molar-refractivity contribution in [3.8, 4) is 62.0 Å². The summed E-state index contributed by atoms with van der Waals surface area (Å²) in [4.78, 5) is 10.1. The predicted octanol–water partition coefficient (Wildman–Crippen LogP) is 13.7. The van der Waals surface area contributed by atoms with Crippen LogP contribution in [0.5, 0.6) is 11.5 Å². The number of para-hydroxylation sites is 1. The quantitative estimate of drug-likeness (QED) is 0.183. The minimum absolute atomic E-state index is 0.822. The fourth-order valence-corrected chi connectivity index (χ4v) is 8.20. The van der Waals surface area contributed by atoms with E-state index in [9.17, 15) is 0 Å². The molecule has 4 nitrogen and oxygen atoms in total. The maximum atomic E-state index is 7.10. The fourth-order valence-electron chi connectivity index (χ4n) is 8.20. The fraction of sp³-hybridized carbons (Fsp3) is 0. The lowest BCUT2D eigenvalue weighted by molar-refractivity contribution is 0.492. The van der Waals surface area contributed by atoms with Crippen LogP contribution >= 0.6 is 0 Å². The van der Waals surface area contributed by atoms with Crippen LogP contribution in [0.3, 0.4) is 0 Å². The highest BCUT2D eigenvalue weighted by Crippen LogP contribution is 2.46. The van der Waals surface area contributed by atoms with Gasteiger partial charge in [-0.2, -0.15) is 0 Å². The molecule has 0 saturated carbocycles. The first-order chi connectivity index (χ1) is 27.8. The van der Waals surface area contributed by atoms with Crippen molar-refractivity contribution in [1.82, 2.24) is 14.5 Å². The van der Waals surface area contributed by atoms with Crippen molar-refractivity contribution in [2.24, 2.45) is 0 Å². The summed E-state index contributed by atoms with van der Waals surface area (Å²) < 4.78 is 9.31. The Balaban J connectivity index is 1.15. The molecular formula is C52H33N3O. The molecule has 4 heteroatoms. The van der Waals surface area contributed by atoms with Crippen molar-refractivity contribution < 1.29 is 4.74 Å². The number of fused-ring (bicyclic) bond motifs is 11. The minimum Gasteiger partial charge on any atom is -0.455 e. The van der Waals surface area contributed by atoms with E-state index in [0.717, 1.165) is 106 Å². The largest absolute Gasteiger partial charge is 0.455 e. The number of hydrogen-bond donors (Lipinski definition) is 0. The average molecular weight is 716 g/mol. The van der Waals surface area contributed by atoms with Crippen LogP contribution in [0.4, 0.5) is 0 Å². The molecule has 0 fully saturated rings. The first-order valence-corrected chi connectivity index (χ1v) is 18.9. The summed E-state index contributed by atoms with van der Waals surface area (Å²) in [6, 6.07) is 63.9. The molecule has 11 rings (SSSR count). The number of ether oxygens (including phenoxy) is 1. The van der Waals surface area contributed by atoms with Gasteiger partial charge in [0.05, 0.1) is 22.2 Å². The molecule has 0 spiro atoms. The van der Waals surface area contributed by atoms with E-state index in [1.165, 1.54) is 0 Å². The van der Waals surface area contributed by atoms with Crippen LogP contribution in [0.2, 0.25) is 0 Å². The molecule has 7 aromatic carbocycles. The third-order valence-electron chi connectivity index (χ3n) is 10.9. The number of nitrogens with zero attached hydrogens (tertiary/aromatic N) is 3. The summed E-state index contributed by atoms with van der Waals surface area (Å²) in [5, 5.41) is 3.27. The Hall–Kier alpha value is -7.56. The van der Waals surface area contributed by atoms with Crippen molar-refractivity contribution >= 4 is 44.9 Å². The van der Waals surface area contributed by atoms with Gasteiger partial charge in [-0.05, 0) is 93.4 Å². The molecule has 1 aliphatic rings. The van der Waals surface area contributed by atoms with Gasteiger partial charge in [-0.15, -0.1) is 0 Å². The molecule has 0 N–H and O–H groups in total. The first kappa shape index (κ1) is 31.9. The zero-order valence-corrected chi connectivity index (χ0v) is 30.3. The van der Waals surface area contributed by atoms with E-state index in [1.807, 2.05) is 36.5 Å². The Morgan fingerprint density at radius 2 is 1.18 bits per heavy atom. The van der Waals surface area contributed by atoms with E-state index in [1.54, 1.807) is 0 Å². The van der Waals surface area contributed by atoms with Gasteiger partial charge in [0.2, 0.25) is 0 Å². The molecule has 4 heterocycles. The summed E-state index contributed by atoms with van der Waals surface area (Å²) in [6.07, 6.45) is 6.31. The Bertz CT molecular complexity index is 3160. The molecule has 262 valence electrons. The average Bonchev–Trinajstić information content (AvgIpc) is 3.59. The number of benzene rings is 7. The van der Waals surface area contributed by atoms with Gasteiger partial charge in [0.25, 0.3) is 0 Å². The van der Waals surface area contributed by atoms with Gasteiger partial charge in [0, 0.05) is 33.7 Å². The molecule has 0 saturated heterocycles. The molecule has 10 aromatic rings. The van der Waals surface area contributed by atoms with Gasteiger partial charge >= 0.3 is 0 Å². The number of aromatic nitrogens is 3. The van der Waals surface area contributed by atoms with Gasteiger partial charge in [0.15, 0.2) is 0 Å². The van der Waals surface area contributed by atoms with Crippen molar-refractivity contribution in [1.29, 1.82) is 0 Å². The van der Waals surface area contributed by atoms with Crippen LogP contribution in [0.1, 0.15) is 11.1 Å². The Kier molecular flexibility index (Phi) is 7.46. The number of rotatable bonds is 3. The van der Waals surface area contributed by atoms with E-state index in [-0.39, 0.29) is 0 Å². The van der Waals surface area contributed by atoms with Crippen LogP contribution in [-0.2, 0) is 0 Å². The van der Waals surface area contributed by atoms with Crippen molar-refractivity contribution in [2.75, 3.05) is 0 Å². The predicted molar refractivity (Wildman–Crippen MR) is 231 cm³/mol. The van der Waals surface area contributed by atoms with Crippen LogP contribution in [0.15, 0.2) is 188 Å². The second-order valence-corrected chi connectivity index (χ2v) is 14.2. The SMILES string of the molecule is C1=Cc2ccc(-c3ccc4c(c3)c3nc(-c5ccccc5)ccc3n4-c3ccccn3)cc2-c2ccc3ccccc3c2Oc2ccccc2-c2ccccc21. The molecule has 56 heavy (non-hydrogen) atoms. The highest BCUT2D eigenvalue weighted by molar-refractivity contribution is 6.09. The maximum absolute atomic E-state index is 7.10. The summed E-state index contributed by atoms with van der Waals surface area (Å²) in [7, 11) is 0. The Morgan fingerprint density at radius 1 is 0.446 bits per heavy atom. The van der Waals surface area contributed by atoms with Gasteiger partial charge < -0.3 is 4.74 Å². The topological polar surface area (TPSA) is 39.9 Å². The van der Waals surface area contributed by atoms with E-state index < -0.39 is 0 Å². The monoisotopic (exact) mass is 715 g/mol. The van der Waals surface area contributed by atoms with E-state index >= 15 is 0 Å². The third kappa shape index (κ3) is 5.31. The summed E-state index contributed by atoms with van der Waals surface area (Å²) in [5.74, 6) is 2.52. The van der Waals surface area contributed by atoms with Crippen molar-refractivity contribution in [3.63, 3.8) is 0 Å². The summed E-state index contributed by atoms with van der Waals surface area (Å²) in [6.45, 7) is 0. The lowest BCUT2D eigenvalue weighted by Gasteiger charge is -2.18. The van der Waals surface area contributed by atoms with E-state index in [2.05, 4.69) is 168 Å². The molecule has 1 aliphatic heterocycles. The molecule has 0 aliphatic carbocycles.